The van der Waals surface area contributed by atoms with E-state index in [1.807, 2.05) is 45.9 Å². The Morgan fingerprint density at radius 2 is 1.21 bits per heavy atom. The molecule has 2 aromatic rings. The second-order valence-corrected chi connectivity index (χ2v) is 8.55. The molecule has 0 fully saturated rings. The molecule has 0 aromatic heterocycles. The molecule has 2 rings (SSSR count). The number of halogens is 2. The minimum atomic E-state index is -0.486. The summed E-state index contributed by atoms with van der Waals surface area (Å²) < 4.78 is 0.848. The maximum absolute atomic E-state index is 11.6. The van der Waals surface area contributed by atoms with Gasteiger partial charge in [0.05, 0.1) is 10.7 Å². The molecule has 0 aliphatic rings. The lowest BCUT2D eigenvalue weighted by Crippen LogP contribution is -2.39. The largest absolute Gasteiger partial charge is 0.370 e. The van der Waals surface area contributed by atoms with E-state index < -0.39 is 6.03 Å². The van der Waals surface area contributed by atoms with Gasteiger partial charge in [-0.2, -0.15) is 0 Å². The molecule has 0 bridgehead atoms. The van der Waals surface area contributed by atoms with E-state index in [0.717, 1.165) is 26.9 Å². The highest BCUT2D eigenvalue weighted by molar-refractivity contribution is 9.10. The van der Waals surface area contributed by atoms with Crippen LogP contribution in [0.2, 0.25) is 5.02 Å². The van der Waals surface area contributed by atoms with E-state index in [1.54, 1.807) is 6.07 Å². The third kappa shape index (κ3) is 9.28. The van der Waals surface area contributed by atoms with E-state index in [9.17, 15) is 9.59 Å². The first-order chi connectivity index (χ1) is 15.9. The first-order valence-electron chi connectivity index (χ1n) is 10.0. The van der Waals surface area contributed by atoms with Crippen molar-refractivity contribution in [2.45, 2.75) is 27.7 Å². The van der Waals surface area contributed by atoms with Gasteiger partial charge in [0, 0.05) is 24.3 Å². The van der Waals surface area contributed by atoms with Gasteiger partial charge in [-0.15, -0.1) is 0 Å². The lowest BCUT2D eigenvalue weighted by molar-refractivity contribution is 0.255. The number of hydrogen-bond donors (Lipinski definition) is 6. The van der Waals surface area contributed by atoms with Crippen molar-refractivity contribution < 1.29 is 9.59 Å². The van der Waals surface area contributed by atoms with Gasteiger partial charge < -0.3 is 22.1 Å². The molecule has 0 unspecified atom stereocenters. The van der Waals surface area contributed by atoms with Crippen molar-refractivity contribution in [2.75, 3.05) is 24.7 Å². The number of aliphatic imine (C=N–C) groups is 2. The lowest BCUT2D eigenvalue weighted by Gasteiger charge is -2.13. The molecule has 0 heterocycles. The first-order valence-corrected chi connectivity index (χ1v) is 11.2. The molecular formula is C22H30BrClN8O2. The second kappa shape index (κ2) is 13.4. The molecule has 0 spiro atoms. The van der Waals surface area contributed by atoms with Gasteiger partial charge in [-0.1, -0.05) is 45.2 Å². The van der Waals surface area contributed by atoms with Gasteiger partial charge in [-0.25, -0.2) is 9.59 Å². The Kier molecular flexibility index (Phi) is 11.3. The monoisotopic (exact) mass is 552 g/mol. The van der Waals surface area contributed by atoms with Gasteiger partial charge in [0.25, 0.3) is 0 Å². The van der Waals surface area contributed by atoms with Gasteiger partial charge in [-0.05, 0) is 56.5 Å². The fourth-order valence-corrected chi connectivity index (χ4v) is 3.89. The van der Waals surface area contributed by atoms with E-state index in [1.165, 1.54) is 19.7 Å². The lowest BCUT2D eigenvalue weighted by atomic mass is 10.1. The number of benzene rings is 2. The smallest absolute Gasteiger partial charge is 0.326 e. The van der Waals surface area contributed by atoms with Crippen LogP contribution in [0, 0.1) is 27.7 Å². The second-order valence-electron chi connectivity index (χ2n) is 7.23. The number of urea groups is 2. The average Bonchev–Trinajstić information content (AvgIpc) is 2.73. The SMILES string of the molecule is CN=C(N)NC(=O)Nc1c(C)cc(Br)cc1Cl.CN=C(N)NC(=O)Nc1c(C)cc(C)cc1C. The normalized spacial score (nSPS) is 11.2. The molecule has 4 amide bonds. The minimum Gasteiger partial charge on any atom is -0.370 e. The van der Waals surface area contributed by atoms with E-state index in [0.29, 0.717) is 10.7 Å². The average molecular weight is 554 g/mol. The van der Waals surface area contributed by atoms with Gasteiger partial charge in [0.15, 0.2) is 11.9 Å². The number of rotatable bonds is 2. The molecule has 2 aromatic carbocycles. The van der Waals surface area contributed by atoms with Gasteiger partial charge in [0.1, 0.15) is 0 Å². The van der Waals surface area contributed by atoms with Crippen LogP contribution in [0.3, 0.4) is 0 Å². The zero-order valence-electron chi connectivity index (χ0n) is 19.9. The van der Waals surface area contributed by atoms with Crippen LogP contribution in [0.4, 0.5) is 21.0 Å². The number of carbonyl (C=O) groups excluding carboxylic acids is 2. The topological polar surface area (TPSA) is 159 Å². The van der Waals surface area contributed by atoms with Crippen molar-refractivity contribution in [2.24, 2.45) is 21.5 Å². The Morgan fingerprint density at radius 1 is 0.794 bits per heavy atom. The number of anilines is 2. The summed E-state index contributed by atoms with van der Waals surface area (Å²) in [5.74, 6) is 0.123. The number of aryl methyl sites for hydroxylation is 4. The summed E-state index contributed by atoms with van der Waals surface area (Å²) in [5.41, 5.74) is 16.2. The number of hydrogen-bond acceptors (Lipinski definition) is 4. The number of nitrogens with two attached hydrogens (primary N) is 2. The van der Waals surface area contributed by atoms with Gasteiger partial charge >= 0.3 is 12.1 Å². The summed E-state index contributed by atoms with van der Waals surface area (Å²) in [7, 11) is 2.99. The summed E-state index contributed by atoms with van der Waals surface area (Å²) in [6.45, 7) is 7.76. The predicted molar refractivity (Wildman–Crippen MR) is 144 cm³/mol. The van der Waals surface area contributed by atoms with Crippen LogP contribution < -0.4 is 32.7 Å². The Labute approximate surface area is 212 Å². The Morgan fingerprint density at radius 3 is 1.62 bits per heavy atom. The highest BCUT2D eigenvalue weighted by Gasteiger charge is 2.10. The molecule has 0 saturated carbocycles. The molecule has 0 atom stereocenters. The Hall–Kier alpha value is -3.31. The van der Waals surface area contributed by atoms with E-state index in [-0.39, 0.29) is 18.0 Å². The summed E-state index contributed by atoms with van der Waals surface area (Å²) in [5, 5.41) is 10.6. The highest BCUT2D eigenvalue weighted by atomic mass is 79.9. The number of nitrogens with one attached hydrogen (secondary N) is 4. The molecule has 0 aliphatic carbocycles. The highest BCUT2D eigenvalue weighted by Crippen LogP contribution is 2.29. The van der Waals surface area contributed by atoms with Gasteiger partial charge in [-0.3, -0.25) is 20.6 Å². The fourth-order valence-electron chi connectivity index (χ4n) is 2.87. The molecule has 0 aliphatic heterocycles. The van der Waals surface area contributed by atoms with Crippen LogP contribution >= 0.6 is 27.5 Å². The molecule has 10 nitrogen and oxygen atoms in total. The minimum absolute atomic E-state index is 0.0355. The van der Waals surface area contributed by atoms with Crippen molar-refractivity contribution in [3.63, 3.8) is 0 Å². The molecule has 184 valence electrons. The standard InChI is InChI=1S/C12H18N4O.C10H12BrClN4O/c1-7-5-8(2)10(9(3)6-7)15-12(17)16-11(13)14-4;1-5-3-6(11)4-7(12)8(5)15-10(17)16-9(13)14-2/h5-6H,1-4H3,(H4,13,14,15,16,17);3-4H,1-2H3,(H4,13,14,15,16,17). The molecule has 8 N–H and O–H groups in total. The maximum atomic E-state index is 11.6. The van der Waals surface area contributed by atoms with Crippen LogP contribution in [0.1, 0.15) is 22.3 Å². The van der Waals surface area contributed by atoms with Crippen LogP contribution in [0.5, 0.6) is 0 Å². The fraction of sp³-hybridized carbons (Fsp3) is 0.273. The molecular weight excluding hydrogens is 524 g/mol. The summed E-state index contributed by atoms with van der Waals surface area (Å²) in [6, 6.07) is 6.70. The number of nitrogens with zero attached hydrogens (tertiary/aromatic N) is 2. The van der Waals surface area contributed by atoms with Crippen molar-refractivity contribution >= 4 is 62.9 Å². The van der Waals surface area contributed by atoms with Crippen LogP contribution in [-0.2, 0) is 0 Å². The van der Waals surface area contributed by atoms with E-state index >= 15 is 0 Å². The van der Waals surface area contributed by atoms with Crippen LogP contribution in [0.25, 0.3) is 0 Å². The molecule has 34 heavy (non-hydrogen) atoms. The van der Waals surface area contributed by atoms with Gasteiger partial charge in [0.2, 0.25) is 0 Å². The summed E-state index contributed by atoms with van der Waals surface area (Å²) >= 11 is 9.33. The quantitative estimate of drug-likeness (QED) is 0.244. The number of guanidine groups is 2. The van der Waals surface area contributed by atoms with Crippen LogP contribution in [-0.4, -0.2) is 38.1 Å². The maximum Gasteiger partial charge on any atom is 0.326 e. The Balaban J connectivity index is 0.000000340. The Bertz CT molecular complexity index is 985. The zero-order chi connectivity index (χ0) is 26.0. The molecule has 0 saturated heterocycles. The third-order valence-corrected chi connectivity index (χ3v) is 5.13. The number of amides is 4. The van der Waals surface area contributed by atoms with Crippen LogP contribution in [0.15, 0.2) is 38.7 Å². The van der Waals surface area contributed by atoms with Crippen molar-refractivity contribution in [1.82, 2.24) is 10.6 Å². The van der Waals surface area contributed by atoms with E-state index in [2.05, 4.69) is 47.2 Å². The molecule has 12 heteroatoms. The number of carbonyl (C=O) groups is 2. The predicted octanol–water partition coefficient (Wildman–Crippen LogP) is 4.15. The van der Waals surface area contributed by atoms with Crippen molar-refractivity contribution in [1.29, 1.82) is 0 Å². The van der Waals surface area contributed by atoms with Crippen molar-refractivity contribution in [3.8, 4) is 0 Å². The summed E-state index contributed by atoms with van der Waals surface area (Å²) in [4.78, 5) is 30.4. The van der Waals surface area contributed by atoms with Crippen molar-refractivity contribution in [3.05, 3.63) is 56.0 Å². The zero-order valence-corrected chi connectivity index (χ0v) is 22.3. The molecule has 0 radical (unpaired) electrons. The third-order valence-electron chi connectivity index (χ3n) is 4.37. The summed E-state index contributed by atoms with van der Waals surface area (Å²) in [6.07, 6.45) is 0. The van der Waals surface area contributed by atoms with E-state index in [4.69, 9.17) is 23.1 Å². The first kappa shape index (κ1) is 28.7.